The van der Waals surface area contributed by atoms with Gasteiger partial charge >= 0.3 is 0 Å². The van der Waals surface area contributed by atoms with Gasteiger partial charge in [-0.3, -0.25) is 0 Å². The number of benzene rings is 5. The molecule has 0 radical (unpaired) electrons. The summed E-state index contributed by atoms with van der Waals surface area (Å²) in [5, 5.41) is 2.56. The van der Waals surface area contributed by atoms with Gasteiger partial charge < -0.3 is 4.90 Å². The van der Waals surface area contributed by atoms with Crippen molar-refractivity contribution >= 4 is 48.5 Å². The number of aromatic nitrogens is 2. The average molecular weight is 596 g/mol. The van der Waals surface area contributed by atoms with Crippen LogP contribution in [0.15, 0.2) is 158 Å². The third-order valence-corrected chi connectivity index (χ3v) is 9.48. The lowest BCUT2D eigenvalue weighted by Crippen LogP contribution is -2.18. The summed E-state index contributed by atoms with van der Waals surface area (Å²) >= 11 is 1.84. The van der Waals surface area contributed by atoms with E-state index in [1.807, 2.05) is 47.7 Å². The van der Waals surface area contributed by atoms with E-state index in [1.54, 1.807) is 0 Å². The van der Waals surface area contributed by atoms with Crippen LogP contribution in [0.2, 0.25) is 0 Å². The van der Waals surface area contributed by atoms with E-state index in [2.05, 4.69) is 127 Å². The third kappa shape index (κ3) is 5.05. The summed E-state index contributed by atoms with van der Waals surface area (Å²) in [6.45, 7) is 5.24. The van der Waals surface area contributed by atoms with Crippen molar-refractivity contribution in [3.8, 4) is 33.9 Å². The summed E-state index contributed by atoms with van der Waals surface area (Å²) in [5.74, 6) is 0.705. The highest BCUT2D eigenvalue weighted by Gasteiger charge is 2.20. The van der Waals surface area contributed by atoms with E-state index in [-0.39, 0.29) is 0 Å². The van der Waals surface area contributed by atoms with Crippen LogP contribution in [0.4, 0.5) is 11.4 Å². The van der Waals surface area contributed by atoms with Crippen LogP contribution < -0.4 is 4.90 Å². The van der Waals surface area contributed by atoms with Crippen molar-refractivity contribution in [3.63, 3.8) is 0 Å². The SMILES string of the molecule is C=C1/C=C\C=C/CN(c2ccc(-c3nc(-c4ccccc4)cc(-c4ccccc4)n3)cc2)c2ccc3c(sc4ccccc43)c21. The molecular formula is C41H29N3S. The number of rotatable bonds is 4. The minimum atomic E-state index is 0.705. The standard InChI is InChI=1S/C41H29N3S/c1-28-13-5-4-12-26-44(37-25-24-34-33-18-10-11-19-38(33)45-40(34)39(28)37)32-22-20-31(21-23-32)41-42-35(29-14-6-2-7-15-29)27-36(43-41)30-16-8-3-9-17-30/h2-25,27H,1,26H2/b12-4-,13-5-. The minimum Gasteiger partial charge on any atom is -0.337 e. The van der Waals surface area contributed by atoms with E-state index < -0.39 is 0 Å². The van der Waals surface area contributed by atoms with Crippen LogP contribution in [-0.4, -0.2) is 16.5 Å². The van der Waals surface area contributed by atoms with Crippen LogP contribution in [0, 0.1) is 0 Å². The molecule has 0 unspecified atom stereocenters. The third-order valence-electron chi connectivity index (χ3n) is 8.27. The van der Waals surface area contributed by atoms with Crippen molar-refractivity contribution in [2.75, 3.05) is 11.4 Å². The predicted molar refractivity (Wildman–Crippen MR) is 192 cm³/mol. The first-order valence-corrected chi connectivity index (χ1v) is 15.9. The zero-order valence-electron chi connectivity index (χ0n) is 24.6. The normalized spacial score (nSPS) is 14.5. The second-order valence-corrected chi connectivity index (χ2v) is 12.2. The molecule has 0 saturated heterocycles. The molecule has 2 aromatic heterocycles. The number of anilines is 2. The van der Waals surface area contributed by atoms with Crippen molar-refractivity contribution in [1.82, 2.24) is 9.97 Å². The maximum atomic E-state index is 5.03. The van der Waals surface area contributed by atoms with Gasteiger partial charge in [-0.15, -0.1) is 11.3 Å². The maximum Gasteiger partial charge on any atom is 0.160 e. The molecule has 1 aliphatic heterocycles. The van der Waals surface area contributed by atoms with E-state index in [9.17, 15) is 0 Å². The molecule has 3 heterocycles. The van der Waals surface area contributed by atoms with Crippen LogP contribution in [0.5, 0.6) is 0 Å². The molecule has 8 rings (SSSR count). The molecule has 0 atom stereocenters. The van der Waals surface area contributed by atoms with Gasteiger partial charge in [0.05, 0.1) is 17.1 Å². The topological polar surface area (TPSA) is 29.0 Å². The predicted octanol–water partition coefficient (Wildman–Crippen LogP) is 11.1. The van der Waals surface area contributed by atoms with Crippen molar-refractivity contribution in [2.45, 2.75) is 0 Å². The number of hydrogen-bond acceptors (Lipinski definition) is 4. The molecule has 0 amide bonds. The Morgan fingerprint density at radius 3 is 2.00 bits per heavy atom. The smallest absolute Gasteiger partial charge is 0.160 e. The average Bonchev–Trinajstić information content (AvgIpc) is 3.51. The highest BCUT2D eigenvalue weighted by molar-refractivity contribution is 7.26. The lowest BCUT2D eigenvalue weighted by Gasteiger charge is -2.27. The van der Waals surface area contributed by atoms with E-state index in [1.165, 1.54) is 25.7 Å². The summed E-state index contributed by atoms with van der Waals surface area (Å²) in [6.07, 6.45) is 8.51. The second kappa shape index (κ2) is 11.5. The molecule has 1 aliphatic rings. The Morgan fingerprint density at radius 2 is 1.29 bits per heavy atom. The molecule has 0 N–H and O–H groups in total. The van der Waals surface area contributed by atoms with Crippen LogP contribution in [-0.2, 0) is 0 Å². The first kappa shape index (κ1) is 27.0. The zero-order valence-corrected chi connectivity index (χ0v) is 25.4. The number of fused-ring (bicyclic) bond motifs is 5. The van der Waals surface area contributed by atoms with Gasteiger partial charge in [-0.2, -0.15) is 0 Å². The van der Waals surface area contributed by atoms with Crippen molar-refractivity contribution in [3.05, 3.63) is 164 Å². The molecule has 5 aromatic carbocycles. The van der Waals surface area contributed by atoms with Crippen molar-refractivity contribution < 1.29 is 0 Å². The van der Waals surface area contributed by atoms with Gasteiger partial charge in [-0.1, -0.05) is 116 Å². The van der Waals surface area contributed by atoms with Crippen LogP contribution in [0.3, 0.4) is 0 Å². The Morgan fingerprint density at radius 1 is 0.622 bits per heavy atom. The van der Waals surface area contributed by atoms with Gasteiger partial charge in [0.1, 0.15) is 0 Å². The Balaban J connectivity index is 1.23. The van der Waals surface area contributed by atoms with E-state index in [0.29, 0.717) is 5.82 Å². The zero-order chi connectivity index (χ0) is 30.2. The number of thiophene rings is 1. The van der Waals surface area contributed by atoms with Crippen molar-refractivity contribution in [2.24, 2.45) is 0 Å². The highest BCUT2D eigenvalue weighted by Crippen LogP contribution is 2.44. The first-order valence-electron chi connectivity index (χ1n) is 15.1. The lowest BCUT2D eigenvalue weighted by atomic mass is 10.00. The van der Waals surface area contributed by atoms with Crippen LogP contribution >= 0.6 is 11.3 Å². The fraction of sp³-hybridized carbons (Fsp3) is 0.0244. The number of allylic oxidation sites excluding steroid dienone is 4. The Hall–Kier alpha value is -5.58. The molecular weight excluding hydrogens is 567 g/mol. The highest BCUT2D eigenvalue weighted by atomic mass is 32.1. The Kier molecular flexibility index (Phi) is 6.90. The Bertz CT molecular complexity index is 2190. The Labute approximate surface area is 266 Å². The second-order valence-electron chi connectivity index (χ2n) is 11.1. The molecule has 3 nitrogen and oxygen atoms in total. The largest absolute Gasteiger partial charge is 0.337 e. The lowest BCUT2D eigenvalue weighted by molar-refractivity contribution is 1.10. The molecule has 0 bridgehead atoms. The molecule has 214 valence electrons. The van der Waals surface area contributed by atoms with E-state index in [4.69, 9.17) is 9.97 Å². The fourth-order valence-electron chi connectivity index (χ4n) is 6.04. The summed E-state index contributed by atoms with van der Waals surface area (Å²) in [6, 6.07) is 44.5. The molecule has 0 spiro atoms. The molecule has 45 heavy (non-hydrogen) atoms. The summed E-state index contributed by atoms with van der Waals surface area (Å²) in [7, 11) is 0. The molecule has 7 aromatic rings. The monoisotopic (exact) mass is 595 g/mol. The quantitative estimate of drug-likeness (QED) is 0.203. The van der Waals surface area contributed by atoms with Crippen LogP contribution in [0.1, 0.15) is 5.56 Å². The van der Waals surface area contributed by atoms with Crippen molar-refractivity contribution in [1.29, 1.82) is 0 Å². The summed E-state index contributed by atoms with van der Waals surface area (Å²) < 4.78 is 2.56. The van der Waals surface area contributed by atoms with Gasteiger partial charge in [0, 0.05) is 54.7 Å². The van der Waals surface area contributed by atoms with E-state index >= 15 is 0 Å². The van der Waals surface area contributed by atoms with E-state index in [0.717, 1.165) is 51.6 Å². The van der Waals surface area contributed by atoms with Gasteiger partial charge in [0.2, 0.25) is 0 Å². The molecule has 0 saturated carbocycles. The summed E-state index contributed by atoms with van der Waals surface area (Å²) in [4.78, 5) is 12.4. The minimum absolute atomic E-state index is 0.705. The fourth-order valence-corrected chi connectivity index (χ4v) is 7.32. The molecule has 4 heteroatoms. The summed E-state index contributed by atoms with van der Waals surface area (Å²) in [5.41, 5.74) is 9.35. The van der Waals surface area contributed by atoms with Gasteiger partial charge in [0.25, 0.3) is 0 Å². The molecule has 0 aliphatic carbocycles. The van der Waals surface area contributed by atoms with Crippen LogP contribution in [0.25, 0.3) is 59.6 Å². The molecule has 0 fully saturated rings. The number of hydrogen-bond donors (Lipinski definition) is 0. The number of nitrogens with zero attached hydrogens (tertiary/aromatic N) is 3. The van der Waals surface area contributed by atoms with Gasteiger partial charge in [0.15, 0.2) is 5.82 Å². The van der Waals surface area contributed by atoms with Gasteiger partial charge in [-0.25, -0.2) is 9.97 Å². The van der Waals surface area contributed by atoms with Gasteiger partial charge in [-0.05, 0) is 48.0 Å². The maximum absolute atomic E-state index is 5.03. The first-order chi connectivity index (χ1) is 22.2.